The molecule has 2 heterocycles. The van der Waals surface area contributed by atoms with Gasteiger partial charge in [0.2, 0.25) is 0 Å². The lowest BCUT2D eigenvalue weighted by Gasteiger charge is -2.21. The highest BCUT2D eigenvalue weighted by molar-refractivity contribution is 14.0. The molecular weight excluding hydrogens is 511 g/mol. The monoisotopic (exact) mass is 544 g/mol. The van der Waals surface area contributed by atoms with E-state index in [-0.39, 0.29) is 24.0 Å². The molecule has 0 bridgehead atoms. The number of halogens is 2. The van der Waals surface area contributed by atoms with Crippen molar-refractivity contribution in [1.29, 1.82) is 0 Å². The van der Waals surface area contributed by atoms with E-state index < -0.39 is 0 Å². The zero-order chi connectivity index (χ0) is 21.0. The summed E-state index contributed by atoms with van der Waals surface area (Å²) in [5, 5.41) is 12.2. The first kappa shape index (κ1) is 24.8. The summed E-state index contributed by atoms with van der Waals surface area (Å²) in [6, 6.07) is 6.14. The smallest absolute Gasteiger partial charge is 0.191 e. The summed E-state index contributed by atoms with van der Waals surface area (Å²) in [5.41, 5.74) is 5.95. The Bertz CT molecular complexity index is 879. The van der Waals surface area contributed by atoms with Crippen molar-refractivity contribution in [1.82, 2.24) is 20.4 Å². The number of nitrogens with one attached hydrogen (secondary N) is 2. The normalized spacial score (nSPS) is 16.5. The average Bonchev–Trinajstić information content (AvgIpc) is 3.25. The largest absolute Gasteiger partial charge is 0.371 e. The molecule has 3 rings (SSSR count). The van der Waals surface area contributed by atoms with E-state index in [4.69, 9.17) is 16.6 Å². The van der Waals surface area contributed by atoms with Gasteiger partial charge in [0.25, 0.3) is 0 Å². The van der Waals surface area contributed by atoms with Gasteiger partial charge in [-0.15, -0.1) is 24.0 Å². The van der Waals surface area contributed by atoms with Crippen LogP contribution in [0.1, 0.15) is 35.9 Å². The standard InChI is InChI=1S/C22H33ClN6.HI/c1-6-24-22(26-13-20-16(3)27-28(5)17(20)4)25-12-18-9-10-29(14-18)21-11-19(23)8-7-15(21)2;/h7-8,11,18H,6,9-10,12-14H2,1-5H3,(H2,24,25,26);1H. The molecule has 1 aromatic carbocycles. The summed E-state index contributed by atoms with van der Waals surface area (Å²) in [6.45, 7) is 12.9. The minimum Gasteiger partial charge on any atom is -0.371 e. The van der Waals surface area contributed by atoms with Crippen LogP contribution in [0.25, 0.3) is 0 Å². The predicted octanol–water partition coefficient (Wildman–Crippen LogP) is 4.20. The quantitative estimate of drug-likeness (QED) is 0.325. The zero-order valence-corrected chi connectivity index (χ0v) is 21.7. The van der Waals surface area contributed by atoms with E-state index in [1.165, 1.54) is 28.9 Å². The Morgan fingerprint density at radius 3 is 2.70 bits per heavy atom. The molecule has 166 valence electrons. The Kier molecular flexibility index (Phi) is 9.28. The Labute approximate surface area is 202 Å². The second kappa shape index (κ2) is 11.2. The van der Waals surface area contributed by atoms with Gasteiger partial charge in [-0.25, -0.2) is 4.99 Å². The molecule has 1 aromatic heterocycles. The van der Waals surface area contributed by atoms with Crippen molar-refractivity contribution in [3.05, 3.63) is 45.7 Å². The third-order valence-corrected chi connectivity index (χ3v) is 5.99. The maximum Gasteiger partial charge on any atom is 0.191 e. The Morgan fingerprint density at radius 2 is 2.03 bits per heavy atom. The molecule has 1 unspecified atom stereocenters. The third-order valence-electron chi connectivity index (χ3n) is 5.75. The highest BCUT2D eigenvalue weighted by Crippen LogP contribution is 2.29. The highest BCUT2D eigenvalue weighted by Gasteiger charge is 2.24. The van der Waals surface area contributed by atoms with Crippen molar-refractivity contribution in [2.75, 3.05) is 31.1 Å². The molecule has 1 atom stereocenters. The van der Waals surface area contributed by atoms with Gasteiger partial charge < -0.3 is 15.5 Å². The molecule has 2 N–H and O–H groups in total. The number of hydrogen-bond acceptors (Lipinski definition) is 3. The van der Waals surface area contributed by atoms with Crippen LogP contribution in [0.5, 0.6) is 0 Å². The summed E-state index contributed by atoms with van der Waals surface area (Å²) in [6.07, 6.45) is 1.17. The SMILES string of the molecule is CCNC(=NCc1c(C)nn(C)c1C)NCC1CCN(c2cc(Cl)ccc2C)C1.I. The van der Waals surface area contributed by atoms with Crippen LogP contribution in [0.4, 0.5) is 5.69 Å². The summed E-state index contributed by atoms with van der Waals surface area (Å²) in [5.74, 6) is 1.45. The van der Waals surface area contributed by atoms with Crippen molar-refractivity contribution in [3.63, 3.8) is 0 Å². The lowest BCUT2D eigenvalue weighted by Crippen LogP contribution is -2.40. The molecule has 0 aliphatic carbocycles. The maximum absolute atomic E-state index is 6.21. The van der Waals surface area contributed by atoms with Crippen LogP contribution in [0.15, 0.2) is 23.2 Å². The molecule has 0 spiro atoms. The fourth-order valence-electron chi connectivity index (χ4n) is 3.93. The number of guanidine groups is 1. The van der Waals surface area contributed by atoms with Crippen molar-refractivity contribution in [2.24, 2.45) is 18.0 Å². The van der Waals surface area contributed by atoms with E-state index in [0.29, 0.717) is 12.5 Å². The third kappa shape index (κ3) is 6.03. The first-order valence-corrected chi connectivity index (χ1v) is 10.8. The van der Waals surface area contributed by atoms with Gasteiger partial charge >= 0.3 is 0 Å². The minimum atomic E-state index is 0. The number of aliphatic imine (C=N–C) groups is 1. The van der Waals surface area contributed by atoms with Gasteiger partial charge in [-0.05, 0) is 57.7 Å². The summed E-state index contributed by atoms with van der Waals surface area (Å²) >= 11 is 6.21. The number of benzene rings is 1. The summed E-state index contributed by atoms with van der Waals surface area (Å²) in [7, 11) is 1.98. The lowest BCUT2D eigenvalue weighted by molar-refractivity contribution is 0.565. The van der Waals surface area contributed by atoms with Gasteiger partial charge in [0.05, 0.1) is 12.2 Å². The summed E-state index contributed by atoms with van der Waals surface area (Å²) in [4.78, 5) is 7.24. The number of hydrogen-bond donors (Lipinski definition) is 2. The van der Waals surface area contributed by atoms with Crippen LogP contribution in [-0.2, 0) is 13.6 Å². The molecule has 8 heteroatoms. The minimum absolute atomic E-state index is 0. The van der Waals surface area contributed by atoms with Gasteiger partial charge in [0.1, 0.15) is 0 Å². The Morgan fingerprint density at radius 1 is 1.27 bits per heavy atom. The van der Waals surface area contributed by atoms with Crippen LogP contribution in [0.3, 0.4) is 0 Å². The molecule has 2 aromatic rings. The van der Waals surface area contributed by atoms with Crippen LogP contribution in [0.2, 0.25) is 5.02 Å². The number of rotatable bonds is 6. The number of aryl methyl sites for hydroxylation is 3. The first-order valence-electron chi connectivity index (χ1n) is 10.4. The van der Waals surface area contributed by atoms with E-state index >= 15 is 0 Å². The highest BCUT2D eigenvalue weighted by atomic mass is 127. The molecule has 30 heavy (non-hydrogen) atoms. The molecule has 0 amide bonds. The molecule has 1 aliphatic heterocycles. The van der Waals surface area contributed by atoms with E-state index in [1.54, 1.807) is 0 Å². The molecular formula is C22H34ClIN6. The van der Waals surface area contributed by atoms with Gasteiger partial charge in [0.15, 0.2) is 5.96 Å². The van der Waals surface area contributed by atoms with E-state index in [0.717, 1.165) is 42.9 Å². The van der Waals surface area contributed by atoms with Crippen LogP contribution >= 0.6 is 35.6 Å². The molecule has 0 saturated carbocycles. The lowest BCUT2D eigenvalue weighted by atomic mass is 10.1. The molecule has 0 radical (unpaired) electrons. The van der Waals surface area contributed by atoms with Gasteiger partial charge in [-0.1, -0.05) is 17.7 Å². The van der Waals surface area contributed by atoms with Gasteiger partial charge in [0, 0.05) is 55.2 Å². The van der Waals surface area contributed by atoms with Crippen LogP contribution in [0, 0.1) is 26.7 Å². The van der Waals surface area contributed by atoms with E-state index in [1.807, 2.05) is 24.7 Å². The fraction of sp³-hybridized carbons (Fsp3) is 0.545. The van der Waals surface area contributed by atoms with E-state index in [9.17, 15) is 0 Å². The Balaban J connectivity index is 0.00000320. The van der Waals surface area contributed by atoms with E-state index in [2.05, 4.69) is 53.5 Å². The number of aromatic nitrogens is 2. The molecule has 1 aliphatic rings. The molecule has 1 fully saturated rings. The number of nitrogens with zero attached hydrogens (tertiary/aromatic N) is 4. The second-order valence-corrected chi connectivity index (χ2v) is 8.32. The van der Waals surface area contributed by atoms with Gasteiger partial charge in [-0.3, -0.25) is 4.68 Å². The van der Waals surface area contributed by atoms with Gasteiger partial charge in [-0.2, -0.15) is 5.10 Å². The van der Waals surface area contributed by atoms with Crippen molar-refractivity contribution < 1.29 is 0 Å². The first-order chi connectivity index (χ1) is 13.9. The van der Waals surface area contributed by atoms with Crippen LogP contribution in [-0.4, -0.2) is 41.9 Å². The number of anilines is 1. The van der Waals surface area contributed by atoms with Crippen molar-refractivity contribution in [2.45, 2.75) is 40.7 Å². The molecule has 6 nitrogen and oxygen atoms in total. The second-order valence-electron chi connectivity index (χ2n) is 7.88. The van der Waals surface area contributed by atoms with Crippen molar-refractivity contribution in [3.8, 4) is 0 Å². The average molecular weight is 545 g/mol. The topological polar surface area (TPSA) is 57.5 Å². The van der Waals surface area contributed by atoms with Crippen molar-refractivity contribution >= 4 is 47.2 Å². The predicted molar refractivity (Wildman–Crippen MR) is 137 cm³/mol. The Hall–Kier alpha value is -1.48. The zero-order valence-electron chi connectivity index (χ0n) is 18.6. The molecule has 1 saturated heterocycles. The van der Waals surface area contributed by atoms with Crippen LogP contribution < -0.4 is 15.5 Å². The summed E-state index contributed by atoms with van der Waals surface area (Å²) < 4.78 is 1.92. The fourth-order valence-corrected chi connectivity index (χ4v) is 4.09. The maximum atomic E-state index is 6.21.